The van der Waals surface area contributed by atoms with Crippen molar-refractivity contribution in [2.75, 3.05) is 6.61 Å². The predicted octanol–water partition coefficient (Wildman–Crippen LogP) is 2.69. The molecule has 0 aromatic carbocycles. The molecule has 0 rings (SSSR count). The highest BCUT2D eigenvalue weighted by molar-refractivity contribution is 6.20. The van der Waals surface area contributed by atoms with Crippen LogP contribution in [0.5, 0.6) is 0 Å². The lowest BCUT2D eigenvalue weighted by Crippen LogP contribution is -2.13. The molecule has 0 aromatic heterocycles. The minimum Gasteiger partial charge on any atom is -0.430 e. The Labute approximate surface area is 77.3 Å². The first-order chi connectivity index (χ1) is 5.70. The second kappa shape index (κ2) is 6.98. The SMILES string of the molecule is C=CCOC(=O)OC(Cl)CCC. The number of hydrogen-bond acceptors (Lipinski definition) is 3. The summed E-state index contributed by atoms with van der Waals surface area (Å²) in [7, 11) is 0. The van der Waals surface area contributed by atoms with E-state index in [9.17, 15) is 4.79 Å². The summed E-state index contributed by atoms with van der Waals surface area (Å²) in [4.78, 5) is 10.7. The van der Waals surface area contributed by atoms with Crippen molar-refractivity contribution >= 4 is 17.8 Å². The van der Waals surface area contributed by atoms with Crippen molar-refractivity contribution < 1.29 is 14.3 Å². The molecule has 0 spiro atoms. The van der Waals surface area contributed by atoms with Crippen LogP contribution in [0.4, 0.5) is 4.79 Å². The minimum absolute atomic E-state index is 0.147. The van der Waals surface area contributed by atoms with Crippen LogP contribution in [-0.2, 0) is 9.47 Å². The molecule has 0 saturated carbocycles. The molecular weight excluding hydrogens is 180 g/mol. The summed E-state index contributed by atoms with van der Waals surface area (Å²) in [5.41, 5.74) is -0.590. The Bertz CT molecular complexity index is 147. The van der Waals surface area contributed by atoms with Gasteiger partial charge in [-0.25, -0.2) is 4.79 Å². The van der Waals surface area contributed by atoms with Gasteiger partial charge >= 0.3 is 6.16 Å². The van der Waals surface area contributed by atoms with E-state index in [0.29, 0.717) is 6.42 Å². The average Bonchev–Trinajstić information content (AvgIpc) is 2.01. The minimum atomic E-state index is -0.747. The molecule has 0 saturated heterocycles. The van der Waals surface area contributed by atoms with E-state index in [2.05, 4.69) is 16.1 Å². The molecule has 0 N–H and O–H groups in total. The monoisotopic (exact) mass is 192 g/mol. The van der Waals surface area contributed by atoms with Crippen molar-refractivity contribution in [3.8, 4) is 0 Å². The Hall–Kier alpha value is -0.700. The zero-order valence-electron chi connectivity index (χ0n) is 7.09. The van der Waals surface area contributed by atoms with E-state index in [1.54, 1.807) is 0 Å². The highest BCUT2D eigenvalue weighted by Gasteiger charge is 2.10. The van der Waals surface area contributed by atoms with Crippen LogP contribution in [0.15, 0.2) is 12.7 Å². The van der Waals surface area contributed by atoms with Crippen molar-refractivity contribution in [1.82, 2.24) is 0 Å². The smallest absolute Gasteiger partial charge is 0.430 e. The number of carbonyl (C=O) groups is 1. The zero-order valence-corrected chi connectivity index (χ0v) is 7.84. The Kier molecular flexibility index (Phi) is 6.57. The summed E-state index contributed by atoms with van der Waals surface area (Å²) < 4.78 is 9.19. The summed E-state index contributed by atoms with van der Waals surface area (Å²) in [6.45, 7) is 5.48. The Morgan fingerprint density at radius 3 is 2.92 bits per heavy atom. The zero-order chi connectivity index (χ0) is 9.40. The fourth-order valence-electron chi connectivity index (χ4n) is 0.551. The number of ether oxygens (including phenoxy) is 2. The van der Waals surface area contributed by atoms with Crippen molar-refractivity contribution in [2.45, 2.75) is 25.3 Å². The number of carbonyl (C=O) groups excluding carboxylic acids is 1. The van der Waals surface area contributed by atoms with E-state index in [4.69, 9.17) is 11.6 Å². The molecule has 0 bridgehead atoms. The van der Waals surface area contributed by atoms with Gasteiger partial charge in [-0.15, -0.1) is 0 Å². The van der Waals surface area contributed by atoms with Gasteiger partial charge in [0.1, 0.15) is 6.61 Å². The van der Waals surface area contributed by atoms with Crippen LogP contribution in [-0.4, -0.2) is 18.3 Å². The Balaban J connectivity index is 3.46. The van der Waals surface area contributed by atoms with E-state index >= 15 is 0 Å². The molecular formula is C8H13ClO3. The molecule has 12 heavy (non-hydrogen) atoms. The van der Waals surface area contributed by atoms with E-state index in [0.717, 1.165) is 6.42 Å². The fourth-order valence-corrected chi connectivity index (χ4v) is 0.842. The second-order valence-corrected chi connectivity index (χ2v) is 2.65. The lowest BCUT2D eigenvalue weighted by molar-refractivity contribution is 0.0511. The summed E-state index contributed by atoms with van der Waals surface area (Å²) >= 11 is 5.61. The van der Waals surface area contributed by atoms with E-state index in [-0.39, 0.29) is 6.61 Å². The van der Waals surface area contributed by atoms with Gasteiger partial charge in [-0.05, 0) is 6.42 Å². The molecule has 0 fully saturated rings. The van der Waals surface area contributed by atoms with E-state index < -0.39 is 11.7 Å². The third-order valence-electron chi connectivity index (χ3n) is 1.06. The number of alkyl halides is 1. The number of hydrogen-bond donors (Lipinski definition) is 0. The first-order valence-electron chi connectivity index (χ1n) is 3.79. The van der Waals surface area contributed by atoms with Gasteiger partial charge in [-0.1, -0.05) is 37.6 Å². The maximum absolute atomic E-state index is 10.7. The summed E-state index contributed by atoms with van der Waals surface area (Å²) in [5.74, 6) is 0. The molecule has 0 radical (unpaired) electrons. The average molecular weight is 193 g/mol. The number of halogens is 1. The van der Waals surface area contributed by atoms with Crippen LogP contribution in [0.2, 0.25) is 0 Å². The predicted molar refractivity (Wildman–Crippen MR) is 47.2 cm³/mol. The van der Waals surface area contributed by atoms with Crippen LogP contribution in [0.25, 0.3) is 0 Å². The van der Waals surface area contributed by atoms with Crippen LogP contribution in [0.3, 0.4) is 0 Å². The van der Waals surface area contributed by atoms with Gasteiger partial charge in [-0.3, -0.25) is 0 Å². The van der Waals surface area contributed by atoms with Gasteiger partial charge in [0.25, 0.3) is 0 Å². The first-order valence-corrected chi connectivity index (χ1v) is 4.22. The molecule has 0 aromatic rings. The molecule has 4 heteroatoms. The molecule has 0 aliphatic carbocycles. The Morgan fingerprint density at radius 2 is 2.42 bits per heavy atom. The largest absolute Gasteiger partial charge is 0.510 e. The second-order valence-electron chi connectivity index (χ2n) is 2.17. The lowest BCUT2D eigenvalue weighted by Gasteiger charge is -2.08. The molecule has 1 atom stereocenters. The molecule has 70 valence electrons. The van der Waals surface area contributed by atoms with Gasteiger partial charge in [0.15, 0.2) is 5.56 Å². The van der Waals surface area contributed by atoms with Crippen LogP contribution in [0.1, 0.15) is 19.8 Å². The van der Waals surface area contributed by atoms with Gasteiger partial charge in [0.05, 0.1) is 0 Å². The highest BCUT2D eigenvalue weighted by Crippen LogP contribution is 2.07. The maximum Gasteiger partial charge on any atom is 0.510 e. The quantitative estimate of drug-likeness (QED) is 0.382. The molecule has 3 nitrogen and oxygen atoms in total. The van der Waals surface area contributed by atoms with E-state index in [1.165, 1.54) is 6.08 Å². The molecule has 0 aliphatic heterocycles. The standard InChI is InChI=1S/C8H13ClO3/c1-3-5-7(9)12-8(10)11-6-4-2/h4,7H,2-3,5-6H2,1H3. The summed E-state index contributed by atoms with van der Waals surface area (Å²) in [5, 5.41) is 0. The van der Waals surface area contributed by atoms with Gasteiger partial charge < -0.3 is 9.47 Å². The van der Waals surface area contributed by atoms with Crippen LogP contribution < -0.4 is 0 Å². The summed E-state index contributed by atoms with van der Waals surface area (Å²) in [6.07, 6.45) is 2.21. The fraction of sp³-hybridized carbons (Fsp3) is 0.625. The molecule has 0 heterocycles. The van der Waals surface area contributed by atoms with Gasteiger partial charge in [0, 0.05) is 0 Å². The van der Waals surface area contributed by atoms with Crippen molar-refractivity contribution in [2.24, 2.45) is 0 Å². The van der Waals surface area contributed by atoms with Crippen molar-refractivity contribution in [1.29, 1.82) is 0 Å². The van der Waals surface area contributed by atoms with Crippen molar-refractivity contribution in [3.05, 3.63) is 12.7 Å². The lowest BCUT2D eigenvalue weighted by atomic mass is 10.4. The van der Waals surface area contributed by atoms with E-state index in [1.807, 2.05) is 6.92 Å². The Morgan fingerprint density at radius 1 is 1.75 bits per heavy atom. The third kappa shape index (κ3) is 6.04. The maximum atomic E-state index is 10.7. The van der Waals surface area contributed by atoms with Gasteiger partial charge in [-0.2, -0.15) is 0 Å². The first kappa shape index (κ1) is 11.3. The normalized spacial score (nSPS) is 11.8. The van der Waals surface area contributed by atoms with Crippen LogP contribution >= 0.6 is 11.6 Å². The third-order valence-corrected chi connectivity index (χ3v) is 1.37. The summed E-state index contributed by atoms with van der Waals surface area (Å²) in [6, 6.07) is 0. The number of rotatable bonds is 5. The molecule has 0 aliphatic rings. The molecule has 0 amide bonds. The molecule has 1 unspecified atom stereocenters. The van der Waals surface area contributed by atoms with Gasteiger partial charge in [0.2, 0.25) is 0 Å². The van der Waals surface area contributed by atoms with Crippen molar-refractivity contribution in [3.63, 3.8) is 0 Å². The van der Waals surface area contributed by atoms with Crippen LogP contribution in [0, 0.1) is 0 Å². The highest BCUT2D eigenvalue weighted by atomic mass is 35.5. The topological polar surface area (TPSA) is 35.5 Å².